The second-order valence-corrected chi connectivity index (χ2v) is 4.38. The molecule has 1 saturated heterocycles. The number of amides is 1. The summed E-state index contributed by atoms with van der Waals surface area (Å²) in [4.78, 5) is 13.3. The third-order valence-corrected chi connectivity index (χ3v) is 2.40. The Labute approximate surface area is 84.5 Å². The molecule has 0 aromatic rings. The average Bonchev–Trinajstić information content (AvgIpc) is 1.99. The SMILES string of the molecule is CC(C)CN1C[C@@H](C)C(=O)NC1=S. The molecule has 0 saturated carbocycles. The van der Waals surface area contributed by atoms with Gasteiger partial charge < -0.3 is 10.2 Å². The minimum Gasteiger partial charge on any atom is -0.348 e. The van der Waals surface area contributed by atoms with Gasteiger partial charge in [0.15, 0.2) is 5.11 Å². The maximum Gasteiger partial charge on any atom is 0.230 e. The van der Waals surface area contributed by atoms with Gasteiger partial charge in [-0.1, -0.05) is 20.8 Å². The van der Waals surface area contributed by atoms with Crippen molar-refractivity contribution in [3.63, 3.8) is 0 Å². The van der Waals surface area contributed by atoms with Crippen molar-refractivity contribution in [3.05, 3.63) is 0 Å². The van der Waals surface area contributed by atoms with E-state index in [0.29, 0.717) is 11.0 Å². The van der Waals surface area contributed by atoms with E-state index in [9.17, 15) is 4.79 Å². The lowest BCUT2D eigenvalue weighted by Gasteiger charge is -2.33. The summed E-state index contributed by atoms with van der Waals surface area (Å²) in [5, 5.41) is 3.28. The van der Waals surface area contributed by atoms with E-state index in [1.54, 1.807) is 0 Å². The summed E-state index contributed by atoms with van der Waals surface area (Å²) in [6.07, 6.45) is 0. The zero-order chi connectivity index (χ0) is 10.0. The number of hydrogen-bond donors (Lipinski definition) is 1. The minimum absolute atomic E-state index is 0.0463. The number of rotatable bonds is 2. The largest absolute Gasteiger partial charge is 0.348 e. The quantitative estimate of drug-likeness (QED) is 0.675. The third kappa shape index (κ3) is 2.66. The van der Waals surface area contributed by atoms with Crippen LogP contribution >= 0.6 is 12.2 Å². The molecule has 1 N–H and O–H groups in total. The highest BCUT2D eigenvalue weighted by atomic mass is 32.1. The second-order valence-electron chi connectivity index (χ2n) is 3.99. The number of thiocarbonyl (C=S) groups is 1. The predicted molar refractivity (Wildman–Crippen MR) is 56.3 cm³/mol. The van der Waals surface area contributed by atoms with Gasteiger partial charge in [0.25, 0.3) is 0 Å². The van der Waals surface area contributed by atoms with Crippen LogP contribution in [-0.2, 0) is 4.79 Å². The van der Waals surface area contributed by atoms with E-state index in [0.717, 1.165) is 13.1 Å². The van der Waals surface area contributed by atoms with Crippen LogP contribution in [0.4, 0.5) is 0 Å². The molecule has 1 fully saturated rings. The zero-order valence-corrected chi connectivity index (χ0v) is 9.15. The van der Waals surface area contributed by atoms with Crippen molar-refractivity contribution in [1.29, 1.82) is 0 Å². The molecular formula is C9H16N2OS. The molecule has 0 aromatic heterocycles. The lowest BCUT2D eigenvalue weighted by atomic mass is 10.1. The van der Waals surface area contributed by atoms with Crippen LogP contribution in [0.2, 0.25) is 0 Å². The van der Waals surface area contributed by atoms with Gasteiger partial charge >= 0.3 is 0 Å². The Morgan fingerprint density at radius 3 is 2.85 bits per heavy atom. The van der Waals surface area contributed by atoms with Gasteiger partial charge in [0.2, 0.25) is 5.91 Å². The first-order chi connectivity index (χ1) is 6.00. The van der Waals surface area contributed by atoms with Crippen LogP contribution in [-0.4, -0.2) is 29.0 Å². The highest BCUT2D eigenvalue weighted by Crippen LogP contribution is 2.09. The van der Waals surface area contributed by atoms with Gasteiger partial charge in [-0.05, 0) is 18.1 Å². The summed E-state index contributed by atoms with van der Waals surface area (Å²) in [5.74, 6) is 0.663. The molecular weight excluding hydrogens is 184 g/mol. The van der Waals surface area contributed by atoms with Crippen molar-refractivity contribution in [3.8, 4) is 0 Å². The molecule has 3 nitrogen and oxygen atoms in total. The molecule has 0 radical (unpaired) electrons. The third-order valence-electron chi connectivity index (χ3n) is 2.04. The van der Waals surface area contributed by atoms with Crippen LogP contribution in [0.15, 0.2) is 0 Å². The van der Waals surface area contributed by atoms with Crippen molar-refractivity contribution in [1.82, 2.24) is 10.2 Å². The number of nitrogens with one attached hydrogen (secondary N) is 1. The van der Waals surface area contributed by atoms with Crippen molar-refractivity contribution < 1.29 is 4.79 Å². The first-order valence-electron chi connectivity index (χ1n) is 4.60. The van der Waals surface area contributed by atoms with Crippen molar-refractivity contribution >= 4 is 23.2 Å². The number of nitrogens with zero attached hydrogens (tertiary/aromatic N) is 1. The van der Waals surface area contributed by atoms with E-state index in [1.807, 2.05) is 6.92 Å². The Bertz CT molecular complexity index is 228. The van der Waals surface area contributed by atoms with Crippen LogP contribution in [0.3, 0.4) is 0 Å². The van der Waals surface area contributed by atoms with Gasteiger partial charge in [-0.25, -0.2) is 0 Å². The molecule has 1 heterocycles. The molecule has 0 aliphatic carbocycles. The molecule has 1 atom stereocenters. The summed E-state index contributed by atoms with van der Waals surface area (Å²) in [6.45, 7) is 7.88. The molecule has 4 heteroatoms. The highest BCUT2D eigenvalue weighted by Gasteiger charge is 2.26. The van der Waals surface area contributed by atoms with Gasteiger partial charge in [-0.15, -0.1) is 0 Å². The van der Waals surface area contributed by atoms with Gasteiger partial charge in [0.1, 0.15) is 0 Å². The van der Waals surface area contributed by atoms with Crippen LogP contribution < -0.4 is 5.32 Å². The molecule has 1 rings (SSSR count). The number of carbonyl (C=O) groups excluding carboxylic acids is 1. The normalized spacial score (nSPS) is 23.7. The Kier molecular flexibility index (Phi) is 3.25. The summed E-state index contributed by atoms with van der Waals surface area (Å²) < 4.78 is 0. The molecule has 13 heavy (non-hydrogen) atoms. The Balaban J connectivity index is 2.56. The van der Waals surface area contributed by atoms with Crippen LogP contribution in [0.5, 0.6) is 0 Å². The minimum atomic E-state index is 0.0463. The highest BCUT2D eigenvalue weighted by molar-refractivity contribution is 7.80. The first kappa shape index (κ1) is 10.4. The van der Waals surface area contributed by atoms with E-state index in [1.165, 1.54) is 0 Å². The molecule has 1 aliphatic rings. The number of carbonyl (C=O) groups is 1. The van der Waals surface area contributed by atoms with Crippen LogP contribution in [0.1, 0.15) is 20.8 Å². The fourth-order valence-electron chi connectivity index (χ4n) is 1.40. The fraction of sp³-hybridized carbons (Fsp3) is 0.778. The van der Waals surface area contributed by atoms with Crippen molar-refractivity contribution in [2.45, 2.75) is 20.8 Å². The second kappa shape index (κ2) is 4.05. The summed E-state index contributed by atoms with van der Waals surface area (Å²) in [6, 6.07) is 0. The molecule has 0 unspecified atom stereocenters. The van der Waals surface area contributed by atoms with E-state index >= 15 is 0 Å². The maximum atomic E-state index is 11.2. The van der Waals surface area contributed by atoms with Gasteiger partial charge in [-0.3, -0.25) is 4.79 Å². The van der Waals surface area contributed by atoms with Crippen LogP contribution in [0, 0.1) is 11.8 Å². The van der Waals surface area contributed by atoms with Gasteiger partial charge in [-0.2, -0.15) is 0 Å². The lowest BCUT2D eigenvalue weighted by Crippen LogP contribution is -2.54. The first-order valence-corrected chi connectivity index (χ1v) is 5.01. The number of hydrogen-bond acceptors (Lipinski definition) is 2. The Morgan fingerprint density at radius 1 is 1.69 bits per heavy atom. The monoisotopic (exact) mass is 200 g/mol. The van der Waals surface area contributed by atoms with Crippen LogP contribution in [0.25, 0.3) is 0 Å². The van der Waals surface area contributed by atoms with E-state index < -0.39 is 0 Å². The lowest BCUT2D eigenvalue weighted by molar-refractivity contribution is -0.124. The van der Waals surface area contributed by atoms with E-state index in [4.69, 9.17) is 12.2 Å². The molecule has 0 spiro atoms. The topological polar surface area (TPSA) is 32.3 Å². The smallest absolute Gasteiger partial charge is 0.230 e. The van der Waals surface area contributed by atoms with Crippen molar-refractivity contribution in [2.24, 2.45) is 11.8 Å². The maximum absolute atomic E-state index is 11.2. The van der Waals surface area contributed by atoms with E-state index in [-0.39, 0.29) is 11.8 Å². The van der Waals surface area contributed by atoms with E-state index in [2.05, 4.69) is 24.1 Å². The molecule has 0 bridgehead atoms. The molecule has 1 aliphatic heterocycles. The Morgan fingerprint density at radius 2 is 2.31 bits per heavy atom. The van der Waals surface area contributed by atoms with Gasteiger partial charge in [0.05, 0.1) is 5.92 Å². The van der Waals surface area contributed by atoms with Crippen molar-refractivity contribution in [2.75, 3.05) is 13.1 Å². The average molecular weight is 200 g/mol. The molecule has 74 valence electrons. The predicted octanol–water partition coefficient (Wildman–Crippen LogP) is 0.995. The molecule has 1 amide bonds. The van der Waals surface area contributed by atoms with Gasteiger partial charge in [0, 0.05) is 13.1 Å². The Hall–Kier alpha value is -0.640. The summed E-state index contributed by atoms with van der Waals surface area (Å²) >= 11 is 5.07. The summed E-state index contributed by atoms with van der Waals surface area (Å²) in [5.41, 5.74) is 0. The molecule has 0 aromatic carbocycles. The fourth-order valence-corrected chi connectivity index (χ4v) is 1.65. The zero-order valence-electron chi connectivity index (χ0n) is 8.33. The summed E-state index contributed by atoms with van der Waals surface area (Å²) in [7, 11) is 0. The standard InChI is InChI=1S/C9H16N2OS/c1-6(2)4-11-5-7(3)8(12)10-9(11)13/h6-7H,4-5H2,1-3H3,(H,10,12,13)/t7-/m1/s1.